The monoisotopic (exact) mass is 348 g/mol. The van der Waals surface area contributed by atoms with Gasteiger partial charge in [0.1, 0.15) is 0 Å². The van der Waals surface area contributed by atoms with Crippen LogP contribution in [0.2, 0.25) is 6.04 Å². The van der Waals surface area contributed by atoms with Crippen molar-refractivity contribution >= 4 is 24.2 Å². The fourth-order valence-corrected chi connectivity index (χ4v) is 10.3. The van der Waals surface area contributed by atoms with Crippen LogP contribution in [0.3, 0.4) is 0 Å². The molecule has 128 valence electrons. The highest BCUT2D eigenvalue weighted by atomic mass is 28.2. The average molecular weight is 349 g/mol. The van der Waals surface area contributed by atoms with Gasteiger partial charge in [-0.25, -0.2) is 0 Å². The Morgan fingerprint density at radius 2 is 1.57 bits per heavy atom. The van der Waals surface area contributed by atoms with Crippen molar-refractivity contribution in [2.45, 2.75) is 68.4 Å². The molecule has 0 saturated carbocycles. The number of benzene rings is 1. The van der Waals surface area contributed by atoms with Gasteiger partial charge in [-0.15, -0.1) is 0 Å². The van der Waals surface area contributed by atoms with Crippen molar-refractivity contribution in [1.29, 1.82) is 0 Å². The van der Waals surface area contributed by atoms with Crippen LogP contribution in [-0.4, -0.2) is 42.7 Å². The summed E-state index contributed by atoms with van der Waals surface area (Å²) in [5, 5.41) is 1.76. The lowest BCUT2D eigenvalue weighted by Crippen LogP contribution is -2.68. The molecule has 23 heavy (non-hydrogen) atoms. The maximum atomic E-state index is 6.68. The van der Waals surface area contributed by atoms with Crippen molar-refractivity contribution in [3.8, 4) is 0 Å². The second kappa shape index (κ2) is 8.10. The third kappa shape index (κ3) is 3.81. The van der Waals surface area contributed by atoms with E-state index >= 15 is 0 Å². The Morgan fingerprint density at radius 3 is 2.13 bits per heavy atom. The highest BCUT2D eigenvalue weighted by molar-refractivity contribution is 6.59. The summed E-state index contributed by atoms with van der Waals surface area (Å²) in [6.45, 7) is 4.24. The molecular weight excluding hydrogens is 316 g/mol. The zero-order chi connectivity index (χ0) is 16.0. The second-order valence-corrected chi connectivity index (χ2v) is 12.0. The molecule has 0 aliphatic carbocycles. The number of ether oxygens (including phenoxy) is 2. The number of rotatable bonds is 6. The lowest BCUT2D eigenvalue weighted by atomic mass is 9.96. The minimum atomic E-state index is -0.506. The molecule has 4 heteroatoms. The Balaban J connectivity index is 1.91. The summed E-state index contributed by atoms with van der Waals surface area (Å²) >= 11 is 0. The second-order valence-electron chi connectivity index (χ2n) is 7.37. The van der Waals surface area contributed by atoms with E-state index in [1.54, 1.807) is 5.19 Å². The first-order valence-corrected chi connectivity index (χ1v) is 12.7. The minimum Gasteiger partial charge on any atom is -0.377 e. The summed E-state index contributed by atoms with van der Waals surface area (Å²) in [7, 11) is -0.777. The average Bonchev–Trinajstić information content (AvgIpc) is 2.62. The molecule has 2 aliphatic heterocycles. The van der Waals surface area contributed by atoms with Crippen molar-refractivity contribution in [1.82, 2.24) is 0 Å². The fraction of sp³-hybridized carbons (Fsp3) is 0.684. The maximum Gasteiger partial charge on any atom is 0.0958 e. The molecule has 0 aromatic heterocycles. The Kier molecular flexibility index (Phi) is 6.13. The van der Waals surface area contributed by atoms with E-state index in [1.807, 2.05) is 0 Å². The van der Waals surface area contributed by atoms with Gasteiger partial charge in [0, 0.05) is 13.2 Å². The van der Waals surface area contributed by atoms with Gasteiger partial charge >= 0.3 is 0 Å². The summed E-state index contributed by atoms with van der Waals surface area (Å²) < 4.78 is 13.3. The molecule has 0 amide bonds. The van der Waals surface area contributed by atoms with E-state index < -0.39 is 9.52 Å². The third-order valence-electron chi connectivity index (χ3n) is 5.80. The van der Waals surface area contributed by atoms with Crippen LogP contribution >= 0.6 is 0 Å². The topological polar surface area (TPSA) is 18.5 Å². The van der Waals surface area contributed by atoms with Crippen LogP contribution in [0.5, 0.6) is 0 Å². The fourth-order valence-electron chi connectivity index (χ4n) is 4.54. The molecule has 1 aromatic carbocycles. The predicted molar refractivity (Wildman–Crippen MR) is 103 cm³/mol. The Bertz CT molecular complexity index is 466. The van der Waals surface area contributed by atoms with Crippen molar-refractivity contribution in [2.75, 3.05) is 13.2 Å². The first-order valence-electron chi connectivity index (χ1n) is 9.62. The summed E-state index contributed by atoms with van der Waals surface area (Å²) in [5.74, 6) is 0. The van der Waals surface area contributed by atoms with E-state index in [1.165, 1.54) is 51.0 Å². The molecule has 2 aliphatic rings. The Morgan fingerprint density at radius 1 is 0.913 bits per heavy atom. The van der Waals surface area contributed by atoms with Crippen molar-refractivity contribution in [2.24, 2.45) is 0 Å². The number of hydrogen-bond acceptors (Lipinski definition) is 2. The SMILES string of the molecule is CCC[SiH2]C1(C2([SiH2]c3ccccc3)CCCCO2)CCCCO1. The lowest BCUT2D eigenvalue weighted by Gasteiger charge is -2.54. The van der Waals surface area contributed by atoms with Gasteiger partial charge in [-0.05, 0) is 38.5 Å². The van der Waals surface area contributed by atoms with Crippen molar-refractivity contribution < 1.29 is 9.47 Å². The minimum absolute atomic E-state index is 0.0778. The summed E-state index contributed by atoms with van der Waals surface area (Å²) in [4.78, 5) is 0. The van der Waals surface area contributed by atoms with E-state index in [-0.39, 0.29) is 20.0 Å². The quantitative estimate of drug-likeness (QED) is 0.734. The highest BCUT2D eigenvalue weighted by Gasteiger charge is 2.53. The summed E-state index contributed by atoms with van der Waals surface area (Å²) in [5.41, 5.74) is 0. The van der Waals surface area contributed by atoms with Crippen LogP contribution in [0.1, 0.15) is 51.9 Å². The molecule has 0 spiro atoms. The molecule has 0 radical (unpaired) electrons. The van der Waals surface area contributed by atoms with E-state index in [4.69, 9.17) is 9.47 Å². The van der Waals surface area contributed by atoms with Gasteiger partial charge in [0.2, 0.25) is 0 Å². The normalized spacial score (nSPS) is 32.9. The molecule has 2 nitrogen and oxygen atoms in total. The van der Waals surface area contributed by atoms with E-state index in [9.17, 15) is 0 Å². The smallest absolute Gasteiger partial charge is 0.0958 e. The van der Waals surface area contributed by atoms with E-state index in [2.05, 4.69) is 37.3 Å². The zero-order valence-corrected chi connectivity index (χ0v) is 17.5. The third-order valence-corrected chi connectivity index (χ3v) is 12.0. The Labute approximate surface area is 146 Å². The van der Waals surface area contributed by atoms with Crippen LogP contribution in [-0.2, 0) is 9.47 Å². The maximum absolute atomic E-state index is 6.68. The van der Waals surface area contributed by atoms with Crippen LogP contribution in [0.25, 0.3) is 0 Å². The van der Waals surface area contributed by atoms with Gasteiger partial charge in [0.25, 0.3) is 0 Å². The molecule has 2 unspecified atom stereocenters. The van der Waals surface area contributed by atoms with Gasteiger partial charge in [-0.1, -0.05) is 54.9 Å². The van der Waals surface area contributed by atoms with Crippen LogP contribution in [0.15, 0.2) is 30.3 Å². The molecule has 2 fully saturated rings. The molecule has 2 atom stereocenters. The van der Waals surface area contributed by atoms with Gasteiger partial charge in [-0.2, -0.15) is 0 Å². The molecule has 0 N–H and O–H groups in total. The molecule has 0 bridgehead atoms. The molecule has 3 rings (SSSR count). The van der Waals surface area contributed by atoms with Crippen molar-refractivity contribution in [3.63, 3.8) is 0 Å². The summed E-state index contributed by atoms with van der Waals surface area (Å²) in [6.07, 6.45) is 8.95. The number of hydrogen-bond donors (Lipinski definition) is 0. The van der Waals surface area contributed by atoms with E-state index in [0.717, 1.165) is 13.2 Å². The van der Waals surface area contributed by atoms with Crippen LogP contribution in [0, 0.1) is 0 Å². The largest absolute Gasteiger partial charge is 0.377 e. The lowest BCUT2D eigenvalue weighted by molar-refractivity contribution is -0.160. The first kappa shape index (κ1) is 17.4. The van der Waals surface area contributed by atoms with Gasteiger partial charge in [-0.3, -0.25) is 0 Å². The molecule has 2 heterocycles. The standard InChI is InChI=1S/C19H32O2Si2/c1-2-16-22-18(12-6-8-14-20-18)19(13-7-9-15-21-19)23-17-10-4-3-5-11-17/h3-5,10-11H,2,6-9,12-16,22-23H2,1H3. The van der Waals surface area contributed by atoms with Gasteiger partial charge in [0.05, 0.1) is 29.5 Å². The highest BCUT2D eigenvalue weighted by Crippen LogP contribution is 2.42. The van der Waals surface area contributed by atoms with Crippen LogP contribution in [0.4, 0.5) is 0 Å². The van der Waals surface area contributed by atoms with Gasteiger partial charge in [0.15, 0.2) is 0 Å². The van der Waals surface area contributed by atoms with E-state index in [0.29, 0.717) is 0 Å². The van der Waals surface area contributed by atoms with Gasteiger partial charge < -0.3 is 9.47 Å². The molecular formula is C19H32O2Si2. The predicted octanol–water partition coefficient (Wildman–Crippen LogP) is 2.27. The molecule has 2 saturated heterocycles. The first-order chi connectivity index (χ1) is 11.3. The van der Waals surface area contributed by atoms with Crippen LogP contribution < -0.4 is 5.19 Å². The molecule has 1 aromatic rings. The van der Waals surface area contributed by atoms with Crippen molar-refractivity contribution in [3.05, 3.63) is 30.3 Å². The Hall–Kier alpha value is -0.426. The summed E-state index contributed by atoms with van der Waals surface area (Å²) in [6, 6.07) is 12.6. The zero-order valence-electron chi connectivity index (χ0n) is 14.7.